The Labute approximate surface area is 103 Å². The molecule has 0 radical (unpaired) electrons. The van der Waals surface area contributed by atoms with E-state index in [-0.39, 0.29) is 24.3 Å². The molecule has 0 atom stereocenters. The molecule has 2 amide bonds. The van der Waals surface area contributed by atoms with Crippen LogP contribution in [-0.2, 0) is 9.59 Å². The van der Waals surface area contributed by atoms with Gasteiger partial charge in [-0.3, -0.25) is 9.59 Å². The maximum atomic E-state index is 11.8. The van der Waals surface area contributed by atoms with Gasteiger partial charge < -0.3 is 16.0 Å². The average molecular weight is 241 g/mol. The summed E-state index contributed by atoms with van der Waals surface area (Å²) in [6, 6.07) is 0. The molecule has 0 aliphatic heterocycles. The van der Waals surface area contributed by atoms with Gasteiger partial charge in [0, 0.05) is 20.0 Å². The predicted octanol–water partition coefficient (Wildman–Crippen LogP) is -0.0441. The topological polar surface area (TPSA) is 75.4 Å². The normalized spacial score (nSPS) is 24.2. The summed E-state index contributed by atoms with van der Waals surface area (Å²) in [5.74, 6) is 0.569. The fourth-order valence-corrected chi connectivity index (χ4v) is 2.13. The van der Waals surface area contributed by atoms with E-state index in [2.05, 4.69) is 5.32 Å². The second-order valence-corrected chi connectivity index (χ2v) is 4.96. The van der Waals surface area contributed by atoms with Gasteiger partial charge in [0.05, 0.1) is 6.54 Å². The Morgan fingerprint density at radius 3 is 2.29 bits per heavy atom. The number of nitrogens with one attached hydrogen (secondary N) is 1. The lowest BCUT2D eigenvalue weighted by Gasteiger charge is -2.26. The van der Waals surface area contributed by atoms with Gasteiger partial charge in [-0.1, -0.05) is 0 Å². The predicted molar refractivity (Wildman–Crippen MR) is 66.2 cm³/mol. The summed E-state index contributed by atoms with van der Waals surface area (Å²) in [7, 11) is 3.36. The smallest absolute Gasteiger partial charge is 0.241 e. The van der Waals surface area contributed by atoms with Crippen molar-refractivity contribution in [1.29, 1.82) is 0 Å². The van der Waals surface area contributed by atoms with E-state index in [4.69, 9.17) is 5.73 Å². The third-order valence-electron chi connectivity index (χ3n) is 3.46. The molecule has 5 nitrogen and oxygen atoms in total. The molecule has 1 fully saturated rings. The zero-order valence-electron chi connectivity index (χ0n) is 10.7. The highest BCUT2D eigenvalue weighted by atomic mass is 16.2. The van der Waals surface area contributed by atoms with Crippen molar-refractivity contribution in [2.45, 2.75) is 25.7 Å². The molecule has 0 aromatic carbocycles. The SMILES string of the molecule is CN(C)C(=O)CNC(=O)C1CCC(CN)CC1. The number of hydrogen-bond acceptors (Lipinski definition) is 3. The zero-order chi connectivity index (χ0) is 12.8. The largest absolute Gasteiger partial charge is 0.347 e. The molecule has 17 heavy (non-hydrogen) atoms. The summed E-state index contributed by atoms with van der Waals surface area (Å²) in [6.45, 7) is 0.816. The highest BCUT2D eigenvalue weighted by molar-refractivity contribution is 5.85. The zero-order valence-corrected chi connectivity index (χ0v) is 10.7. The van der Waals surface area contributed by atoms with E-state index in [1.54, 1.807) is 14.1 Å². The molecule has 0 saturated heterocycles. The van der Waals surface area contributed by atoms with E-state index in [1.807, 2.05) is 0 Å². The summed E-state index contributed by atoms with van der Waals surface area (Å²) in [6.07, 6.45) is 3.83. The molecule has 0 spiro atoms. The van der Waals surface area contributed by atoms with E-state index in [0.29, 0.717) is 12.5 Å². The molecule has 0 bridgehead atoms. The van der Waals surface area contributed by atoms with Crippen LogP contribution in [0.2, 0.25) is 0 Å². The fourth-order valence-electron chi connectivity index (χ4n) is 2.13. The summed E-state index contributed by atoms with van der Waals surface area (Å²) in [4.78, 5) is 24.6. The van der Waals surface area contributed by atoms with Gasteiger partial charge in [0.15, 0.2) is 0 Å². The van der Waals surface area contributed by atoms with Crippen LogP contribution < -0.4 is 11.1 Å². The summed E-state index contributed by atoms with van der Waals surface area (Å²) in [5, 5.41) is 2.70. The molecular formula is C12H23N3O2. The molecule has 0 unspecified atom stereocenters. The lowest BCUT2D eigenvalue weighted by molar-refractivity contribution is -0.132. The van der Waals surface area contributed by atoms with Gasteiger partial charge in [-0.2, -0.15) is 0 Å². The van der Waals surface area contributed by atoms with E-state index >= 15 is 0 Å². The Morgan fingerprint density at radius 1 is 1.24 bits per heavy atom. The van der Waals surface area contributed by atoms with Crippen molar-refractivity contribution in [2.24, 2.45) is 17.6 Å². The summed E-state index contributed by atoms with van der Waals surface area (Å²) < 4.78 is 0. The number of carbonyl (C=O) groups excluding carboxylic acids is 2. The molecule has 3 N–H and O–H groups in total. The molecule has 1 aliphatic carbocycles. The van der Waals surface area contributed by atoms with E-state index in [9.17, 15) is 9.59 Å². The quantitative estimate of drug-likeness (QED) is 0.725. The number of nitrogens with two attached hydrogens (primary N) is 1. The van der Waals surface area contributed by atoms with Gasteiger partial charge in [0.1, 0.15) is 0 Å². The minimum absolute atomic E-state index is 0.00988. The maximum Gasteiger partial charge on any atom is 0.241 e. The molecule has 5 heteroatoms. The van der Waals surface area contributed by atoms with Crippen molar-refractivity contribution < 1.29 is 9.59 Å². The first-order valence-electron chi connectivity index (χ1n) is 6.22. The number of amides is 2. The van der Waals surface area contributed by atoms with Crippen LogP contribution in [0.3, 0.4) is 0 Å². The number of likely N-dealkylation sites (N-methyl/N-ethyl adjacent to an activating group) is 1. The van der Waals surface area contributed by atoms with Gasteiger partial charge >= 0.3 is 0 Å². The first kappa shape index (κ1) is 14.0. The minimum atomic E-state index is -0.0750. The highest BCUT2D eigenvalue weighted by Gasteiger charge is 2.25. The lowest BCUT2D eigenvalue weighted by Crippen LogP contribution is -2.40. The Kier molecular flexibility index (Phi) is 5.41. The van der Waals surface area contributed by atoms with Crippen LogP contribution >= 0.6 is 0 Å². The Bertz CT molecular complexity index is 271. The molecule has 0 aromatic heterocycles. The average Bonchev–Trinajstić information content (AvgIpc) is 2.35. The summed E-state index contributed by atoms with van der Waals surface area (Å²) in [5.41, 5.74) is 5.61. The van der Waals surface area contributed by atoms with Gasteiger partial charge in [-0.25, -0.2) is 0 Å². The second-order valence-electron chi connectivity index (χ2n) is 4.96. The third kappa shape index (κ3) is 4.34. The van der Waals surface area contributed by atoms with Crippen LogP contribution in [-0.4, -0.2) is 43.9 Å². The first-order valence-corrected chi connectivity index (χ1v) is 6.22. The standard InChI is InChI=1S/C12H23N3O2/c1-15(2)11(16)8-14-12(17)10-5-3-9(7-13)4-6-10/h9-10H,3-8,13H2,1-2H3,(H,14,17). The Hall–Kier alpha value is -1.10. The van der Waals surface area contributed by atoms with Crippen LogP contribution in [0, 0.1) is 11.8 Å². The van der Waals surface area contributed by atoms with Crippen LogP contribution in [0.5, 0.6) is 0 Å². The van der Waals surface area contributed by atoms with Crippen LogP contribution in [0.1, 0.15) is 25.7 Å². The number of rotatable bonds is 4. The maximum absolute atomic E-state index is 11.8. The van der Waals surface area contributed by atoms with Crippen LogP contribution in [0.25, 0.3) is 0 Å². The summed E-state index contributed by atoms with van der Waals surface area (Å²) >= 11 is 0. The van der Waals surface area contributed by atoms with Gasteiger partial charge in [-0.15, -0.1) is 0 Å². The van der Waals surface area contributed by atoms with Crippen molar-refractivity contribution in [3.05, 3.63) is 0 Å². The van der Waals surface area contributed by atoms with E-state index < -0.39 is 0 Å². The van der Waals surface area contributed by atoms with Crippen molar-refractivity contribution in [1.82, 2.24) is 10.2 Å². The molecule has 0 heterocycles. The van der Waals surface area contributed by atoms with Crippen molar-refractivity contribution in [3.8, 4) is 0 Å². The monoisotopic (exact) mass is 241 g/mol. The van der Waals surface area contributed by atoms with Gasteiger partial charge in [-0.05, 0) is 38.1 Å². The fraction of sp³-hybridized carbons (Fsp3) is 0.833. The highest BCUT2D eigenvalue weighted by Crippen LogP contribution is 2.27. The number of nitrogens with zero attached hydrogens (tertiary/aromatic N) is 1. The van der Waals surface area contributed by atoms with E-state index in [0.717, 1.165) is 25.7 Å². The second kappa shape index (κ2) is 6.59. The van der Waals surface area contributed by atoms with Crippen LogP contribution in [0.4, 0.5) is 0 Å². The van der Waals surface area contributed by atoms with Crippen molar-refractivity contribution in [3.63, 3.8) is 0 Å². The van der Waals surface area contributed by atoms with Gasteiger partial charge in [0.2, 0.25) is 11.8 Å². The Morgan fingerprint density at radius 2 is 1.82 bits per heavy atom. The Balaban J connectivity index is 2.27. The van der Waals surface area contributed by atoms with Gasteiger partial charge in [0.25, 0.3) is 0 Å². The molecule has 1 saturated carbocycles. The molecule has 98 valence electrons. The number of hydrogen-bond donors (Lipinski definition) is 2. The van der Waals surface area contributed by atoms with Crippen molar-refractivity contribution >= 4 is 11.8 Å². The molecule has 1 rings (SSSR count). The molecular weight excluding hydrogens is 218 g/mol. The van der Waals surface area contributed by atoms with E-state index in [1.165, 1.54) is 4.90 Å². The van der Waals surface area contributed by atoms with Crippen LogP contribution in [0.15, 0.2) is 0 Å². The molecule has 1 aliphatic rings. The minimum Gasteiger partial charge on any atom is -0.347 e. The molecule has 0 aromatic rings. The number of carbonyl (C=O) groups is 2. The first-order chi connectivity index (χ1) is 8.04. The lowest BCUT2D eigenvalue weighted by atomic mass is 9.81. The third-order valence-corrected chi connectivity index (χ3v) is 3.46. The van der Waals surface area contributed by atoms with Crippen molar-refractivity contribution in [2.75, 3.05) is 27.2 Å².